The van der Waals surface area contributed by atoms with Gasteiger partial charge in [-0.15, -0.1) is 0 Å². The van der Waals surface area contributed by atoms with Crippen LogP contribution in [0.2, 0.25) is 15.1 Å². The number of hydrogen-bond donors (Lipinski definition) is 1. The average Bonchev–Trinajstić information content (AvgIpc) is 3.56. The molecule has 1 atom stereocenters. The fraction of sp³-hybridized carbons (Fsp3) is 0.417. The number of carbonyl (C=O) groups is 2. The van der Waals surface area contributed by atoms with Gasteiger partial charge in [0.1, 0.15) is 6.04 Å². The highest BCUT2D eigenvalue weighted by Gasteiger charge is 2.53. The molecule has 1 unspecified atom stereocenters. The van der Waals surface area contributed by atoms with Crippen LogP contribution in [-0.2, 0) is 21.4 Å². The standard InChI is InChI=1S/C24H26Cl3N3O2/c1-29-10-12-30(13-11-29)22(31)21(14-16-2-4-17(25)5-3-16)28-23(32)24(8-9-24)19-7-6-18(26)15-20(19)27/h2-7,15,21H,8-14H2,1H3,(H,28,32). The summed E-state index contributed by atoms with van der Waals surface area (Å²) < 4.78 is 0. The second-order valence-corrected chi connectivity index (χ2v) is 9.97. The van der Waals surface area contributed by atoms with E-state index in [-0.39, 0.29) is 11.8 Å². The van der Waals surface area contributed by atoms with Gasteiger partial charge in [0.25, 0.3) is 0 Å². The number of carbonyl (C=O) groups excluding carboxylic acids is 2. The van der Waals surface area contributed by atoms with E-state index in [0.717, 1.165) is 24.2 Å². The number of hydrogen-bond acceptors (Lipinski definition) is 3. The van der Waals surface area contributed by atoms with E-state index in [1.165, 1.54) is 0 Å². The summed E-state index contributed by atoms with van der Waals surface area (Å²) in [6, 6.07) is 11.9. The van der Waals surface area contributed by atoms with Crippen molar-refractivity contribution >= 4 is 46.6 Å². The summed E-state index contributed by atoms with van der Waals surface area (Å²) in [5.41, 5.74) is 0.998. The third-order valence-corrected chi connectivity index (χ3v) is 7.20. The van der Waals surface area contributed by atoms with Gasteiger partial charge >= 0.3 is 0 Å². The van der Waals surface area contributed by atoms with Crippen molar-refractivity contribution in [2.75, 3.05) is 33.2 Å². The molecule has 0 radical (unpaired) electrons. The van der Waals surface area contributed by atoms with Crippen LogP contribution in [-0.4, -0.2) is 60.9 Å². The van der Waals surface area contributed by atoms with E-state index >= 15 is 0 Å². The maximum absolute atomic E-state index is 13.5. The number of amides is 2. The predicted octanol–water partition coefficient (Wildman–Crippen LogP) is 4.18. The minimum Gasteiger partial charge on any atom is -0.343 e. The van der Waals surface area contributed by atoms with Gasteiger partial charge in [-0.05, 0) is 55.3 Å². The molecule has 2 aromatic carbocycles. The summed E-state index contributed by atoms with van der Waals surface area (Å²) in [4.78, 5) is 30.9. The molecule has 1 N–H and O–H groups in total. The minimum absolute atomic E-state index is 0.0561. The summed E-state index contributed by atoms with van der Waals surface area (Å²) in [5, 5.41) is 4.70. The van der Waals surface area contributed by atoms with Crippen molar-refractivity contribution in [3.8, 4) is 0 Å². The highest BCUT2D eigenvalue weighted by Crippen LogP contribution is 2.51. The van der Waals surface area contributed by atoms with Gasteiger partial charge in [-0.25, -0.2) is 0 Å². The molecule has 2 fully saturated rings. The van der Waals surface area contributed by atoms with E-state index in [9.17, 15) is 9.59 Å². The molecule has 5 nitrogen and oxygen atoms in total. The van der Waals surface area contributed by atoms with Crippen molar-refractivity contribution in [1.29, 1.82) is 0 Å². The molecule has 1 aliphatic heterocycles. The van der Waals surface area contributed by atoms with Gasteiger partial charge in [0.15, 0.2) is 0 Å². The highest BCUT2D eigenvalue weighted by molar-refractivity contribution is 6.35. The second-order valence-electron chi connectivity index (χ2n) is 8.69. The lowest BCUT2D eigenvalue weighted by Gasteiger charge is -2.35. The molecule has 2 amide bonds. The number of rotatable bonds is 6. The molecule has 1 saturated carbocycles. The summed E-state index contributed by atoms with van der Waals surface area (Å²) in [5.74, 6) is -0.220. The van der Waals surface area contributed by atoms with Crippen LogP contribution in [0.4, 0.5) is 0 Å². The topological polar surface area (TPSA) is 52.6 Å². The normalized spacial score (nSPS) is 18.8. The average molecular weight is 495 g/mol. The molecule has 0 bridgehead atoms. The van der Waals surface area contributed by atoms with E-state index in [0.29, 0.717) is 47.4 Å². The van der Waals surface area contributed by atoms with Gasteiger partial charge < -0.3 is 15.1 Å². The Morgan fingerprint density at radius 1 is 0.969 bits per heavy atom. The van der Waals surface area contributed by atoms with Crippen molar-refractivity contribution < 1.29 is 9.59 Å². The monoisotopic (exact) mass is 493 g/mol. The highest BCUT2D eigenvalue weighted by atomic mass is 35.5. The number of benzene rings is 2. The van der Waals surface area contributed by atoms with Crippen LogP contribution >= 0.6 is 34.8 Å². The van der Waals surface area contributed by atoms with Crippen LogP contribution in [0.15, 0.2) is 42.5 Å². The Balaban J connectivity index is 1.55. The van der Waals surface area contributed by atoms with E-state index in [4.69, 9.17) is 34.8 Å². The van der Waals surface area contributed by atoms with Gasteiger partial charge in [-0.1, -0.05) is 53.0 Å². The first-order valence-corrected chi connectivity index (χ1v) is 11.9. The Kier molecular flexibility index (Phi) is 7.01. The number of likely N-dealkylation sites (N-methyl/N-ethyl adjacent to an activating group) is 1. The van der Waals surface area contributed by atoms with Gasteiger partial charge in [0, 0.05) is 47.7 Å². The molecule has 1 heterocycles. The predicted molar refractivity (Wildman–Crippen MR) is 129 cm³/mol. The van der Waals surface area contributed by atoms with E-state index in [1.807, 2.05) is 30.1 Å². The molecule has 0 spiro atoms. The minimum atomic E-state index is -0.706. The maximum Gasteiger partial charge on any atom is 0.245 e. The molecule has 8 heteroatoms. The van der Waals surface area contributed by atoms with Crippen LogP contribution in [0, 0.1) is 0 Å². The Morgan fingerprint density at radius 2 is 1.59 bits per heavy atom. The maximum atomic E-state index is 13.5. The van der Waals surface area contributed by atoms with Crippen molar-refractivity contribution in [2.45, 2.75) is 30.7 Å². The number of piperazine rings is 1. The molecular weight excluding hydrogens is 469 g/mol. The molecule has 170 valence electrons. The zero-order valence-electron chi connectivity index (χ0n) is 17.9. The zero-order chi connectivity index (χ0) is 22.9. The first-order chi connectivity index (χ1) is 15.3. The van der Waals surface area contributed by atoms with Gasteiger partial charge in [0.2, 0.25) is 11.8 Å². The molecule has 1 saturated heterocycles. The molecule has 2 aliphatic rings. The quantitative estimate of drug-likeness (QED) is 0.655. The Morgan fingerprint density at radius 3 is 2.19 bits per heavy atom. The van der Waals surface area contributed by atoms with Crippen LogP contribution < -0.4 is 5.32 Å². The van der Waals surface area contributed by atoms with Gasteiger partial charge in [-0.3, -0.25) is 9.59 Å². The summed E-state index contributed by atoms with van der Waals surface area (Å²) in [6.07, 6.45) is 1.78. The Bertz CT molecular complexity index is 1000. The summed E-state index contributed by atoms with van der Waals surface area (Å²) in [7, 11) is 2.04. The Labute approximate surface area is 203 Å². The Hall–Kier alpha value is -1.79. The van der Waals surface area contributed by atoms with Crippen LogP contribution in [0.25, 0.3) is 0 Å². The zero-order valence-corrected chi connectivity index (χ0v) is 20.2. The number of nitrogens with zero attached hydrogens (tertiary/aromatic N) is 2. The van der Waals surface area contributed by atoms with E-state index in [2.05, 4.69) is 10.2 Å². The number of nitrogens with one attached hydrogen (secondary N) is 1. The first-order valence-electron chi connectivity index (χ1n) is 10.8. The van der Waals surface area contributed by atoms with Crippen LogP contribution in [0.3, 0.4) is 0 Å². The van der Waals surface area contributed by atoms with E-state index < -0.39 is 11.5 Å². The van der Waals surface area contributed by atoms with Gasteiger partial charge in [0.05, 0.1) is 5.41 Å². The van der Waals surface area contributed by atoms with Crippen LogP contribution in [0.1, 0.15) is 24.0 Å². The van der Waals surface area contributed by atoms with Gasteiger partial charge in [-0.2, -0.15) is 0 Å². The summed E-state index contributed by atoms with van der Waals surface area (Å²) >= 11 is 18.5. The fourth-order valence-corrected chi connectivity index (χ4v) is 4.94. The largest absolute Gasteiger partial charge is 0.343 e. The molecule has 4 rings (SSSR count). The fourth-order valence-electron chi connectivity index (χ4n) is 4.22. The molecule has 32 heavy (non-hydrogen) atoms. The van der Waals surface area contributed by atoms with Crippen molar-refractivity contribution in [1.82, 2.24) is 15.1 Å². The molecule has 0 aromatic heterocycles. The summed E-state index contributed by atoms with van der Waals surface area (Å²) in [6.45, 7) is 2.93. The van der Waals surface area contributed by atoms with Crippen molar-refractivity contribution in [3.63, 3.8) is 0 Å². The van der Waals surface area contributed by atoms with Crippen molar-refractivity contribution in [3.05, 3.63) is 68.7 Å². The lowest BCUT2D eigenvalue weighted by molar-refractivity contribution is -0.138. The number of halogens is 3. The van der Waals surface area contributed by atoms with Crippen LogP contribution in [0.5, 0.6) is 0 Å². The third-order valence-electron chi connectivity index (χ3n) is 6.40. The molecule has 1 aliphatic carbocycles. The second kappa shape index (κ2) is 9.60. The SMILES string of the molecule is CN1CCN(C(=O)C(Cc2ccc(Cl)cc2)NC(=O)C2(c3ccc(Cl)cc3Cl)CC2)CC1. The first kappa shape index (κ1) is 23.4. The molecule has 2 aromatic rings. The molecular formula is C24H26Cl3N3O2. The third kappa shape index (κ3) is 5.07. The van der Waals surface area contributed by atoms with Crippen molar-refractivity contribution in [2.24, 2.45) is 0 Å². The van der Waals surface area contributed by atoms with E-state index in [1.54, 1.807) is 24.3 Å². The smallest absolute Gasteiger partial charge is 0.245 e. The lowest BCUT2D eigenvalue weighted by atomic mass is 9.93. The lowest BCUT2D eigenvalue weighted by Crippen LogP contribution is -2.56.